The van der Waals surface area contributed by atoms with E-state index in [2.05, 4.69) is 45.9 Å². The molecule has 0 aliphatic heterocycles. The van der Waals surface area contributed by atoms with Crippen LogP contribution in [0, 0.1) is 13.8 Å². The summed E-state index contributed by atoms with van der Waals surface area (Å²) >= 11 is 0. The first-order valence-electron chi connectivity index (χ1n) is 5.24. The molecular formula is C13H21N. The molecule has 0 aliphatic carbocycles. The van der Waals surface area contributed by atoms with Crippen LogP contribution in [0.5, 0.6) is 0 Å². The molecular weight excluding hydrogens is 170 g/mol. The highest BCUT2D eigenvalue weighted by atomic mass is 14.5. The van der Waals surface area contributed by atoms with Gasteiger partial charge in [-0.25, -0.2) is 0 Å². The summed E-state index contributed by atoms with van der Waals surface area (Å²) in [6, 6.07) is 6.74. The van der Waals surface area contributed by atoms with E-state index in [-0.39, 0.29) is 5.41 Å². The number of nitrogens with two attached hydrogens (primary N) is 1. The van der Waals surface area contributed by atoms with Crippen LogP contribution < -0.4 is 5.73 Å². The van der Waals surface area contributed by atoms with E-state index in [1.807, 2.05) is 0 Å². The molecule has 0 bridgehead atoms. The quantitative estimate of drug-likeness (QED) is 0.781. The molecule has 0 saturated heterocycles. The Morgan fingerprint density at radius 1 is 1.07 bits per heavy atom. The zero-order valence-electron chi connectivity index (χ0n) is 9.72. The SMILES string of the molecule is Cc1cc(C)cc(C(C)(C)CCN)c1. The van der Waals surface area contributed by atoms with Gasteiger partial charge in [0.05, 0.1) is 0 Å². The number of aryl methyl sites for hydroxylation is 2. The fourth-order valence-corrected chi connectivity index (χ4v) is 1.87. The lowest BCUT2D eigenvalue weighted by atomic mass is 9.80. The van der Waals surface area contributed by atoms with Crippen molar-refractivity contribution in [3.8, 4) is 0 Å². The highest BCUT2D eigenvalue weighted by Gasteiger charge is 2.19. The molecule has 1 heteroatoms. The van der Waals surface area contributed by atoms with Crippen molar-refractivity contribution < 1.29 is 0 Å². The second-order valence-electron chi connectivity index (χ2n) is 4.80. The average molecular weight is 191 g/mol. The fraction of sp³-hybridized carbons (Fsp3) is 0.538. The van der Waals surface area contributed by atoms with Crippen LogP contribution in [0.4, 0.5) is 0 Å². The van der Waals surface area contributed by atoms with Gasteiger partial charge in [-0.15, -0.1) is 0 Å². The Bertz CT molecular complexity index is 293. The van der Waals surface area contributed by atoms with Gasteiger partial charge in [0.15, 0.2) is 0 Å². The van der Waals surface area contributed by atoms with Gasteiger partial charge < -0.3 is 5.73 Å². The highest BCUT2D eigenvalue weighted by Crippen LogP contribution is 2.27. The number of hydrogen-bond acceptors (Lipinski definition) is 1. The Morgan fingerprint density at radius 3 is 2.00 bits per heavy atom. The smallest absolute Gasteiger partial charge is 0.00690 e. The van der Waals surface area contributed by atoms with E-state index < -0.39 is 0 Å². The van der Waals surface area contributed by atoms with Gasteiger partial charge in [0.2, 0.25) is 0 Å². The van der Waals surface area contributed by atoms with E-state index in [1.54, 1.807) is 0 Å². The molecule has 1 aromatic carbocycles. The van der Waals surface area contributed by atoms with E-state index in [0.717, 1.165) is 13.0 Å². The molecule has 0 heterocycles. The van der Waals surface area contributed by atoms with E-state index in [1.165, 1.54) is 16.7 Å². The van der Waals surface area contributed by atoms with E-state index in [9.17, 15) is 0 Å². The maximum Gasteiger partial charge on any atom is -0.00690 e. The van der Waals surface area contributed by atoms with Gasteiger partial charge in [-0.3, -0.25) is 0 Å². The van der Waals surface area contributed by atoms with Crippen LogP contribution in [0.15, 0.2) is 18.2 Å². The highest BCUT2D eigenvalue weighted by molar-refractivity contribution is 5.33. The summed E-state index contributed by atoms with van der Waals surface area (Å²) in [5, 5.41) is 0. The molecule has 0 saturated carbocycles. The Kier molecular flexibility index (Phi) is 3.33. The average Bonchev–Trinajstić information content (AvgIpc) is 2.02. The summed E-state index contributed by atoms with van der Waals surface area (Å²) in [6.45, 7) is 9.56. The third-order valence-corrected chi connectivity index (χ3v) is 2.77. The zero-order valence-corrected chi connectivity index (χ0v) is 9.72. The molecule has 1 nitrogen and oxygen atoms in total. The van der Waals surface area contributed by atoms with Gasteiger partial charge in [0.25, 0.3) is 0 Å². The molecule has 0 radical (unpaired) electrons. The van der Waals surface area contributed by atoms with Gasteiger partial charge in [-0.2, -0.15) is 0 Å². The molecule has 78 valence electrons. The summed E-state index contributed by atoms with van der Waals surface area (Å²) in [5.41, 5.74) is 9.91. The lowest BCUT2D eigenvalue weighted by Crippen LogP contribution is -2.21. The molecule has 0 spiro atoms. The van der Waals surface area contributed by atoms with Gasteiger partial charge in [-0.1, -0.05) is 43.2 Å². The first kappa shape index (κ1) is 11.3. The van der Waals surface area contributed by atoms with Crippen LogP contribution in [0.3, 0.4) is 0 Å². The Labute approximate surface area is 87.3 Å². The maximum absolute atomic E-state index is 5.63. The van der Waals surface area contributed by atoms with E-state index >= 15 is 0 Å². The Morgan fingerprint density at radius 2 is 1.57 bits per heavy atom. The molecule has 14 heavy (non-hydrogen) atoms. The molecule has 2 N–H and O–H groups in total. The van der Waals surface area contributed by atoms with Crippen molar-refractivity contribution in [3.05, 3.63) is 34.9 Å². The van der Waals surface area contributed by atoms with Crippen molar-refractivity contribution >= 4 is 0 Å². The third-order valence-electron chi connectivity index (χ3n) is 2.77. The van der Waals surface area contributed by atoms with Crippen LogP contribution >= 0.6 is 0 Å². The fourth-order valence-electron chi connectivity index (χ4n) is 1.87. The molecule has 0 aromatic heterocycles. The van der Waals surface area contributed by atoms with Crippen LogP contribution in [-0.4, -0.2) is 6.54 Å². The van der Waals surface area contributed by atoms with Crippen molar-refractivity contribution in [2.24, 2.45) is 5.73 Å². The van der Waals surface area contributed by atoms with Gasteiger partial charge in [-0.05, 0) is 37.8 Å². The van der Waals surface area contributed by atoms with E-state index in [0.29, 0.717) is 0 Å². The number of rotatable bonds is 3. The molecule has 0 amide bonds. The summed E-state index contributed by atoms with van der Waals surface area (Å²) in [7, 11) is 0. The van der Waals surface area contributed by atoms with Crippen molar-refractivity contribution in [3.63, 3.8) is 0 Å². The number of hydrogen-bond donors (Lipinski definition) is 1. The second kappa shape index (κ2) is 4.14. The second-order valence-corrected chi connectivity index (χ2v) is 4.80. The molecule has 0 aliphatic rings. The van der Waals surface area contributed by atoms with Crippen molar-refractivity contribution in [2.75, 3.05) is 6.54 Å². The third kappa shape index (κ3) is 2.58. The minimum atomic E-state index is 0.200. The largest absolute Gasteiger partial charge is 0.330 e. The molecule has 1 rings (SSSR count). The molecule has 1 aromatic rings. The molecule has 0 atom stereocenters. The predicted molar refractivity (Wildman–Crippen MR) is 62.6 cm³/mol. The van der Waals surface area contributed by atoms with Crippen LogP contribution in [0.25, 0.3) is 0 Å². The standard InChI is InChI=1S/C13H21N/c1-10-7-11(2)9-12(8-10)13(3,4)5-6-14/h7-9H,5-6,14H2,1-4H3. The van der Waals surface area contributed by atoms with E-state index in [4.69, 9.17) is 5.73 Å². The Hall–Kier alpha value is -0.820. The first-order valence-corrected chi connectivity index (χ1v) is 5.24. The summed E-state index contributed by atoms with van der Waals surface area (Å²) in [5.74, 6) is 0. The minimum Gasteiger partial charge on any atom is -0.330 e. The lowest BCUT2D eigenvalue weighted by molar-refractivity contribution is 0.487. The number of benzene rings is 1. The van der Waals surface area contributed by atoms with Crippen LogP contribution in [0.1, 0.15) is 37.0 Å². The zero-order chi connectivity index (χ0) is 10.8. The van der Waals surface area contributed by atoms with Crippen LogP contribution in [0.2, 0.25) is 0 Å². The Balaban J connectivity index is 3.05. The minimum absolute atomic E-state index is 0.200. The lowest BCUT2D eigenvalue weighted by Gasteiger charge is -2.25. The van der Waals surface area contributed by atoms with Crippen LogP contribution in [-0.2, 0) is 5.41 Å². The van der Waals surface area contributed by atoms with Gasteiger partial charge in [0, 0.05) is 0 Å². The molecule has 0 fully saturated rings. The van der Waals surface area contributed by atoms with Crippen molar-refractivity contribution in [2.45, 2.75) is 39.5 Å². The molecule has 0 unspecified atom stereocenters. The first-order chi connectivity index (χ1) is 6.45. The predicted octanol–water partition coefficient (Wildman–Crippen LogP) is 2.93. The topological polar surface area (TPSA) is 26.0 Å². The summed E-state index contributed by atoms with van der Waals surface area (Å²) in [4.78, 5) is 0. The van der Waals surface area contributed by atoms with Crippen molar-refractivity contribution in [1.82, 2.24) is 0 Å². The normalized spacial score (nSPS) is 11.8. The van der Waals surface area contributed by atoms with Gasteiger partial charge >= 0.3 is 0 Å². The summed E-state index contributed by atoms with van der Waals surface area (Å²) < 4.78 is 0. The van der Waals surface area contributed by atoms with Crippen molar-refractivity contribution in [1.29, 1.82) is 0 Å². The van der Waals surface area contributed by atoms with Gasteiger partial charge in [0.1, 0.15) is 0 Å². The summed E-state index contributed by atoms with van der Waals surface area (Å²) in [6.07, 6.45) is 1.04. The monoisotopic (exact) mass is 191 g/mol. The maximum atomic E-state index is 5.63.